The lowest BCUT2D eigenvalue weighted by Crippen LogP contribution is -2.42. The van der Waals surface area contributed by atoms with Gasteiger partial charge in [0, 0.05) is 25.9 Å². The van der Waals surface area contributed by atoms with Gasteiger partial charge in [-0.1, -0.05) is 6.92 Å². The average Bonchev–Trinajstić information content (AvgIpc) is 2.27. The highest BCUT2D eigenvalue weighted by atomic mass is 16.5. The van der Waals surface area contributed by atoms with Crippen molar-refractivity contribution in [1.82, 2.24) is 4.90 Å². The third-order valence-electron chi connectivity index (χ3n) is 3.11. The van der Waals surface area contributed by atoms with E-state index in [1.54, 1.807) is 4.90 Å². The van der Waals surface area contributed by atoms with Crippen LogP contribution in [-0.2, 0) is 14.3 Å². The van der Waals surface area contributed by atoms with E-state index in [0.29, 0.717) is 25.9 Å². The van der Waals surface area contributed by atoms with Crippen LogP contribution in [0.3, 0.4) is 0 Å². The van der Waals surface area contributed by atoms with Crippen molar-refractivity contribution in [3.8, 4) is 0 Å². The lowest BCUT2D eigenvalue weighted by atomic mass is 10.1. The first kappa shape index (κ1) is 13.2. The maximum absolute atomic E-state index is 11.8. The number of nitrogens with zero attached hydrogens (tertiary/aromatic N) is 1. The fourth-order valence-corrected chi connectivity index (χ4v) is 1.46. The number of likely N-dealkylation sites (tertiary alicyclic amines) is 1. The standard InChI is InChI=1S/C12H21NO3/c1-4-12(2,3)16-9-11(15)13-7-5-10(14)6-8-13/h4-9H2,1-3H3. The van der Waals surface area contributed by atoms with Gasteiger partial charge < -0.3 is 9.64 Å². The van der Waals surface area contributed by atoms with Crippen LogP contribution in [-0.4, -0.2) is 41.9 Å². The van der Waals surface area contributed by atoms with Crippen LogP contribution in [0.1, 0.15) is 40.0 Å². The first-order valence-electron chi connectivity index (χ1n) is 5.88. The van der Waals surface area contributed by atoms with E-state index in [2.05, 4.69) is 0 Å². The third-order valence-corrected chi connectivity index (χ3v) is 3.11. The van der Waals surface area contributed by atoms with Gasteiger partial charge in [0.15, 0.2) is 0 Å². The van der Waals surface area contributed by atoms with Crippen molar-refractivity contribution >= 4 is 11.7 Å². The molecule has 0 atom stereocenters. The predicted molar refractivity (Wildman–Crippen MR) is 61.1 cm³/mol. The number of hydrogen-bond acceptors (Lipinski definition) is 3. The summed E-state index contributed by atoms with van der Waals surface area (Å²) < 4.78 is 5.54. The monoisotopic (exact) mass is 227 g/mol. The molecule has 1 rings (SSSR count). The van der Waals surface area contributed by atoms with E-state index >= 15 is 0 Å². The smallest absolute Gasteiger partial charge is 0.248 e. The Morgan fingerprint density at radius 2 is 1.94 bits per heavy atom. The molecule has 0 aromatic rings. The lowest BCUT2D eigenvalue weighted by molar-refractivity contribution is -0.144. The van der Waals surface area contributed by atoms with Crippen LogP contribution in [0.25, 0.3) is 0 Å². The summed E-state index contributed by atoms with van der Waals surface area (Å²) in [6, 6.07) is 0. The van der Waals surface area contributed by atoms with Gasteiger partial charge in [-0.15, -0.1) is 0 Å². The van der Waals surface area contributed by atoms with Gasteiger partial charge in [0.05, 0.1) is 5.60 Å². The summed E-state index contributed by atoms with van der Waals surface area (Å²) in [5.74, 6) is 0.243. The molecule has 1 heterocycles. The zero-order valence-corrected chi connectivity index (χ0v) is 10.4. The molecule has 0 aromatic carbocycles. The summed E-state index contributed by atoms with van der Waals surface area (Å²) in [4.78, 5) is 24.5. The fraction of sp³-hybridized carbons (Fsp3) is 0.833. The molecule has 0 radical (unpaired) electrons. The maximum atomic E-state index is 11.8. The second kappa shape index (κ2) is 5.43. The molecule has 1 aliphatic heterocycles. The normalized spacial score (nSPS) is 17.7. The van der Waals surface area contributed by atoms with Gasteiger partial charge in [-0.2, -0.15) is 0 Å². The predicted octanol–water partition coefficient (Wildman–Crippen LogP) is 1.38. The molecule has 0 unspecified atom stereocenters. The minimum atomic E-state index is -0.249. The van der Waals surface area contributed by atoms with Crippen molar-refractivity contribution < 1.29 is 14.3 Å². The highest BCUT2D eigenvalue weighted by Crippen LogP contribution is 2.14. The van der Waals surface area contributed by atoms with Gasteiger partial charge in [-0.3, -0.25) is 9.59 Å². The van der Waals surface area contributed by atoms with Crippen molar-refractivity contribution in [3.63, 3.8) is 0 Å². The first-order chi connectivity index (χ1) is 7.44. The van der Waals surface area contributed by atoms with Crippen molar-refractivity contribution in [2.24, 2.45) is 0 Å². The quantitative estimate of drug-likeness (QED) is 0.729. The molecule has 4 heteroatoms. The van der Waals surface area contributed by atoms with Gasteiger partial charge in [0.25, 0.3) is 0 Å². The van der Waals surface area contributed by atoms with Crippen molar-refractivity contribution in [2.45, 2.75) is 45.6 Å². The van der Waals surface area contributed by atoms with Gasteiger partial charge in [0.1, 0.15) is 12.4 Å². The third kappa shape index (κ3) is 3.93. The highest BCUT2D eigenvalue weighted by Gasteiger charge is 2.23. The van der Waals surface area contributed by atoms with Crippen LogP contribution in [0.5, 0.6) is 0 Å². The molecule has 1 fully saturated rings. The minimum Gasteiger partial charge on any atom is -0.366 e. The first-order valence-corrected chi connectivity index (χ1v) is 5.88. The lowest BCUT2D eigenvalue weighted by Gasteiger charge is -2.28. The molecule has 4 nitrogen and oxygen atoms in total. The van der Waals surface area contributed by atoms with E-state index in [4.69, 9.17) is 4.74 Å². The fourth-order valence-electron chi connectivity index (χ4n) is 1.46. The second-order valence-corrected chi connectivity index (χ2v) is 4.82. The topological polar surface area (TPSA) is 46.6 Å². The molecule has 1 aliphatic rings. The summed E-state index contributed by atoms with van der Waals surface area (Å²) >= 11 is 0. The molecule has 0 N–H and O–H groups in total. The Morgan fingerprint density at radius 3 is 2.44 bits per heavy atom. The Kier molecular flexibility index (Phi) is 4.47. The number of ketones is 1. The van der Waals surface area contributed by atoms with Crippen LogP contribution in [0, 0.1) is 0 Å². The van der Waals surface area contributed by atoms with Crippen LogP contribution >= 0.6 is 0 Å². The number of amides is 1. The SMILES string of the molecule is CCC(C)(C)OCC(=O)N1CCC(=O)CC1. The van der Waals surface area contributed by atoms with Crippen LogP contribution < -0.4 is 0 Å². The van der Waals surface area contributed by atoms with Gasteiger partial charge in [-0.25, -0.2) is 0 Å². The molecule has 0 bridgehead atoms. The van der Waals surface area contributed by atoms with Gasteiger partial charge >= 0.3 is 0 Å². The number of rotatable bonds is 4. The summed E-state index contributed by atoms with van der Waals surface area (Å²) in [7, 11) is 0. The van der Waals surface area contributed by atoms with Crippen LogP contribution in [0.4, 0.5) is 0 Å². The zero-order valence-electron chi connectivity index (χ0n) is 10.4. The van der Waals surface area contributed by atoms with Gasteiger partial charge in [0.2, 0.25) is 5.91 Å². The number of hydrogen-bond donors (Lipinski definition) is 0. The Balaban J connectivity index is 2.33. The van der Waals surface area contributed by atoms with Crippen LogP contribution in [0.15, 0.2) is 0 Å². The molecule has 92 valence electrons. The van der Waals surface area contributed by atoms with Crippen molar-refractivity contribution in [2.75, 3.05) is 19.7 Å². The van der Waals surface area contributed by atoms with Crippen molar-refractivity contribution in [3.05, 3.63) is 0 Å². The van der Waals surface area contributed by atoms with E-state index < -0.39 is 0 Å². The zero-order chi connectivity index (χ0) is 12.2. The number of ether oxygens (including phenoxy) is 1. The number of Topliss-reactive ketones (excluding diaryl/α,β-unsaturated/α-hetero) is 1. The number of carbonyl (C=O) groups excluding carboxylic acids is 2. The highest BCUT2D eigenvalue weighted by molar-refractivity contribution is 5.83. The summed E-state index contributed by atoms with van der Waals surface area (Å²) in [6.45, 7) is 7.19. The number of carbonyl (C=O) groups is 2. The molecule has 1 amide bonds. The molecule has 0 aromatic heterocycles. The maximum Gasteiger partial charge on any atom is 0.248 e. The van der Waals surface area contributed by atoms with E-state index in [1.807, 2.05) is 20.8 Å². The Hall–Kier alpha value is -0.900. The Labute approximate surface area is 96.9 Å². The van der Waals surface area contributed by atoms with E-state index in [9.17, 15) is 9.59 Å². The second-order valence-electron chi connectivity index (χ2n) is 4.82. The van der Waals surface area contributed by atoms with E-state index in [0.717, 1.165) is 6.42 Å². The van der Waals surface area contributed by atoms with E-state index in [1.165, 1.54) is 0 Å². The van der Waals surface area contributed by atoms with Gasteiger partial charge in [-0.05, 0) is 20.3 Å². The summed E-state index contributed by atoms with van der Waals surface area (Å²) in [6.07, 6.45) is 1.85. The number of piperidine rings is 1. The average molecular weight is 227 g/mol. The molecule has 16 heavy (non-hydrogen) atoms. The Morgan fingerprint density at radius 1 is 1.38 bits per heavy atom. The summed E-state index contributed by atoms with van der Waals surface area (Å²) in [5, 5.41) is 0. The molecular formula is C12H21NO3. The molecular weight excluding hydrogens is 206 g/mol. The Bertz CT molecular complexity index is 263. The van der Waals surface area contributed by atoms with Crippen molar-refractivity contribution in [1.29, 1.82) is 0 Å². The largest absolute Gasteiger partial charge is 0.366 e. The summed E-state index contributed by atoms with van der Waals surface area (Å²) in [5.41, 5.74) is -0.249. The molecule has 0 aliphatic carbocycles. The van der Waals surface area contributed by atoms with Crippen LogP contribution in [0.2, 0.25) is 0 Å². The molecule has 0 saturated carbocycles. The molecule has 1 saturated heterocycles. The van der Waals surface area contributed by atoms with E-state index in [-0.39, 0.29) is 23.9 Å². The molecule has 0 spiro atoms. The minimum absolute atomic E-state index is 0.00553.